The van der Waals surface area contributed by atoms with Crippen LogP contribution in [0.4, 0.5) is 4.39 Å². The fourth-order valence-corrected chi connectivity index (χ4v) is 4.49. The normalized spacial score (nSPS) is 15.6. The minimum Gasteiger partial charge on any atom is -0.497 e. The monoisotopic (exact) mass is 509 g/mol. The van der Waals surface area contributed by atoms with Gasteiger partial charge in [-0.3, -0.25) is 14.5 Å². The van der Waals surface area contributed by atoms with Gasteiger partial charge in [0.25, 0.3) is 5.91 Å². The molecule has 1 atom stereocenters. The Morgan fingerprint density at radius 3 is 2.68 bits per heavy atom. The summed E-state index contributed by atoms with van der Waals surface area (Å²) < 4.78 is 29.6. The van der Waals surface area contributed by atoms with Crippen LogP contribution in [0, 0.1) is 11.7 Å². The summed E-state index contributed by atoms with van der Waals surface area (Å²) in [5.41, 5.74) is 2.18. The molecule has 4 rings (SSSR count). The molecule has 2 aromatic carbocycles. The van der Waals surface area contributed by atoms with Crippen LogP contribution in [0.15, 0.2) is 59.2 Å². The molecule has 0 N–H and O–H groups in total. The Hall–Kier alpha value is -3.72. The van der Waals surface area contributed by atoms with Crippen molar-refractivity contribution in [2.24, 2.45) is 5.92 Å². The number of methoxy groups -OCH3 is 1. The number of benzene rings is 2. The van der Waals surface area contributed by atoms with E-state index >= 15 is 0 Å². The summed E-state index contributed by atoms with van der Waals surface area (Å²) in [5.74, 6) is 0.00912. The molecule has 1 aliphatic rings. The minimum absolute atomic E-state index is 0.211. The fourth-order valence-electron chi connectivity index (χ4n) is 4.49. The Labute approximate surface area is 216 Å². The van der Waals surface area contributed by atoms with Crippen molar-refractivity contribution in [1.82, 2.24) is 14.8 Å². The van der Waals surface area contributed by atoms with Crippen LogP contribution >= 0.6 is 0 Å². The van der Waals surface area contributed by atoms with Gasteiger partial charge in [0.15, 0.2) is 5.69 Å². The van der Waals surface area contributed by atoms with Gasteiger partial charge >= 0.3 is 5.97 Å². The summed E-state index contributed by atoms with van der Waals surface area (Å²) in [4.78, 5) is 33.5. The maximum absolute atomic E-state index is 13.4. The molecule has 0 unspecified atom stereocenters. The van der Waals surface area contributed by atoms with Crippen LogP contribution in [0.2, 0.25) is 0 Å². The predicted octanol–water partition coefficient (Wildman–Crippen LogP) is 4.44. The average Bonchev–Trinajstić information content (AvgIpc) is 3.38. The molecule has 1 saturated heterocycles. The third kappa shape index (κ3) is 7.16. The van der Waals surface area contributed by atoms with E-state index in [-0.39, 0.29) is 29.3 Å². The number of carbonyl (C=O) groups is 2. The van der Waals surface area contributed by atoms with Crippen LogP contribution in [-0.4, -0.2) is 53.5 Å². The highest BCUT2D eigenvalue weighted by atomic mass is 19.1. The lowest BCUT2D eigenvalue weighted by Gasteiger charge is -2.30. The van der Waals surface area contributed by atoms with Crippen molar-refractivity contribution in [3.8, 4) is 5.75 Å². The minimum atomic E-state index is -0.321. The Morgan fingerprint density at radius 1 is 1.14 bits per heavy atom. The summed E-state index contributed by atoms with van der Waals surface area (Å²) in [7, 11) is 1.62. The predicted molar refractivity (Wildman–Crippen MR) is 134 cm³/mol. The second-order valence-corrected chi connectivity index (χ2v) is 9.09. The van der Waals surface area contributed by atoms with Crippen molar-refractivity contribution in [3.05, 3.63) is 83.3 Å². The highest BCUT2D eigenvalue weighted by molar-refractivity contribution is 5.92. The molecule has 1 fully saturated rings. The summed E-state index contributed by atoms with van der Waals surface area (Å²) in [6, 6.07) is 14.1. The first-order valence-corrected chi connectivity index (χ1v) is 12.4. The average molecular weight is 510 g/mol. The molecule has 0 radical (unpaired) electrons. The zero-order valence-electron chi connectivity index (χ0n) is 21.2. The van der Waals surface area contributed by atoms with Crippen molar-refractivity contribution in [2.75, 3.05) is 26.8 Å². The molecule has 196 valence electrons. The number of likely N-dealkylation sites (tertiary alicyclic amines) is 1. The number of oxazole rings is 1. The topological polar surface area (TPSA) is 85.1 Å². The van der Waals surface area contributed by atoms with Gasteiger partial charge in [0.2, 0.25) is 5.89 Å². The Bertz CT molecular complexity index is 1200. The molecular weight excluding hydrogens is 477 g/mol. The van der Waals surface area contributed by atoms with Gasteiger partial charge < -0.3 is 18.8 Å². The molecule has 0 bridgehead atoms. The van der Waals surface area contributed by atoms with Gasteiger partial charge in [-0.05, 0) is 55.2 Å². The van der Waals surface area contributed by atoms with E-state index in [1.807, 2.05) is 24.3 Å². The standard InChI is InChI=1S/C28H32FN3O5/c1-3-36-28(34)22-7-5-13-32(17-22)27(33)25-19-37-26(30-25)18-31(15-20-9-11-23(29)12-10-20)16-21-6-4-8-24(14-21)35-2/h4,6,8-12,14,19,22H,3,5,7,13,15-18H2,1-2H3/t22-/m0/s1. The smallest absolute Gasteiger partial charge is 0.310 e. The van der Waals surface area contributed by atoms with Crippen LogP contribution < -0.4 is 4.74 Å². The molecule has 0 spiro atoms. The van der Waals surface area contributed by atoms with Gasteiger partial charge in [0.1, 0.15) is 17.8 Å². The highest BCUT2D eigenvalue weighted by Crippen LogP contribution is 2.21. The van der Waals surface area contributed by atoms with Gasteiger partial charge in [0.05, 0.1) is 26.2 Å². The van der Waals surface area contributed by atoms with E-state index in [9.17, 15) is 14.0 Å². The number of hydrogen-bond acceptors (Lipinski definition) is 7. The largest absolute Gasteiger partial charge is 0.497 e. The van der Waals surface area contributed by atoms with Crippen molar-refractivity contribution < 1.29 is 27.9 Å². The number of esters is 1. The van der Waals surface area contributed by atoms with Crippen molar-refractivity contribution >= 4 is 11.9 Å². The van der Waals surface area contributed by atoms with Gasteiger partial charge in [0, 0.05) is 26.2 Å². The van der Waals surface area contributed by atoms with E-state index in [2.05, 4.69) is 9.88 Å². The van der Waals surface area contributed by atoms with Gasteiger partial charge in [-0.1, -0.05) is 24.3 Å². The summed E-state index contributed by atoms with van der Waals surface area (Å²) in [6.45, 7) is 4.39. The quantitative estimate of drug-likeness (QED) is 0.374. The van der Waals surface area contributed by atoms with E-state index in [1.54, 1.807) is 31.1 Å². The maximum Gasteiger partial charge on any atom is 0.310 e. The number of amides is 1. The van der Waals surface area contributed by atoms with Gasteiger partial charge in [-0.25, -0.2) is 9.37 Å². The molecule has 2 heterocycles. The molecule has 37 heavy (non-hydrogen) atoms. The number of nitrogens with zero attached hydrogens (tertiary/aromatic N) is 3. The molecule has 0 saturated carbocycles. The zero-order valence-corrected chi connectivity index (χ0v) is 21.2. The van der Waals surface area contributed by atoms with E-state index in [0.717, 1.165) is 23.3 Å². The number of aromatic nitrogens is 1. The van der Waals surface area contributed by atoms with Crippen molar-refractivity contribution in [2.45, 2.75) is 39.4 Å². The number of hydrogen-bond donors (Lipinski definition) is 0. The number of halogens is 1. The second kappa shape index (κ2) is 12.5. The third-order valence-corrected chi connectivity index (χ3v) is 6.32. The van der Waals surface area contributed by atoms with Crippen LogP contribution in [0.3, 0.4) is 0 Å². The number of carbonyl (C=O) groups excluding carboxylic acids is 2. The zero-order chi connectivity index (χ0) is 26.2. The first-order chi connectivity index (χ1) is 17.9. The van der Waals surface area contributed by atoms with Crippen LogP contribution in [0.1, 0.15) is 47.3 Å². The van der Waals surface area contributed by atoms with Gasteiger partial charge in [-0.2, -0.15) is 0 Å². The molecule has 1 aromatic heterocycles. The van der Waals surface area contributed by atoms with E-state index < -0.39 is 0 Å². The lowest BCUT2D eigenvalue weighted by Crippen LogP contribution is -2.43. The number of rotatable bonds is 10. The Balaban J connectivity index is 1.46. The maximum atomic E-state index is 13.4. The van der Waals surface area contributed by atoms with Crippen LogP contribution in [0.5, 0.6) is 5.75 Å². The lowest BCUT2D eigenvalue weighted by atomic mass is 9.98. The molecule has 1 aliphatic heterocycles. The van der Waals surface area contributed by atoms with Gasteiger partial charge in [-0.15, -0.1) is 0 Å². The number of ether oxygens (including phenoxy) is 2. The third-order valence-electron chi connectivity index (χ3n) is 6.32. The molecule has 8 nitrogen and oxygen atoms in total. The molecule has 9 heteroatoms. The Kier molecular flexibility index (Phi) is 8.90. The van der Waals surface area contributed by atoms with Crippen molar-refractivity contribution in [1.29, 1.82) is 0 Å². The summed E-state index contributed by atoms with van der Waals surface area (Å²) in [6.07, 6.45) is 2.80. The second-order valence-electron chi connectivity index (χ2n) is 9.09. The number of piperidine rings is 1. The highest BCUT2D eigenvalue weighted by Gasteiger charge is 2.31. The fraction of sp³-hybridized carbons (Fsp3) is 0.393. The lowest BCUT2D eigenvalue weighted by molar-refractivity contribution is -0.149. The van der Waals surface area contributed by atoms with Crippen LogP contribution in [-0.2, 0) is 29.2 Å². The van der Waals surface area contributed by atoms with E-state index in [1.165, 1.54) is 18.4 Å². The molecule has 0 aliphatic carbocycles. The van der Waals surface area contributed by atoms with E-state index in [4.69, 9.17) is 13.9 Å². The SMILES string of the molecule is CCOC(=O)[C@H]1CCCN(C(=O)c2coc(CN(Cc3ccc(F)cc3)Cc3cccc(OC)c3)n2)C1. The first kappa shape index (κ1) is 26.3. The van der Waals surface area contributed by atoms with Crippen LogP contribution in [0.25, 0.3) is 0 Å². The first-order valence-electron chi connectivity index (χ1n) is 12.4. The summed E-state index contributed by atoms with van der Waals surface area (Å²) >= 11 is 0. The molecule has 3 aromatic rings. The van der Waals surface area contributed by atoms with E-state index in [0.29, 0.717) is 51.6 Å². The molecular formula is C28H32FN3O5. The van der Waals surface area contributed by atoms with Crippen molar-refractivity contribution in [3.63, 3.8) is 0 Å². The Morgan fingerprint density at radius 2 is 1.92 bits per heavy atom. The summed E-state index contributed by atoms with van der Waals surface area (Å²) in [5, 5.41) is 0. The molecule has 1 amide bonds.